The van der Waals surface area contributed by atoms with Crippen LogP contribution in [0.4, 0.5) is 0 Å². The Balaban J connectivity index is 0.00000256. The van der Waals surface area contributed by atoms with Crippen molar-refractivity contribution in [3.63, 3.8) is 0 Å². The Morgan fingerprint density at radius 1 is 1.35 bits per heavy atom. The van der Waals surface area contributed by atoms with E-state index < -0.39 is 0 Å². The predicted octanol–water partition coefficient (Wildman–Crippen LogP) is 1.47. The van der Waals surface area contributed by atoms with Crippen molar-refractivity contribution >= 4 is 18.2 Å². The fraction of sp³-hybridized carbons (Fsp3) is 0.417. The summed E-state index contributed by atoms with van der Waals surface area (Å²) in [6.07, 6.45) is 0. The quantitative estimate of drug-likeness (QED) is 0.461. The van der Waals surface area contributed by atoms with Crippen LogP contribution in [0.5, 0.6) is 0 Å². The molecule has 0 atom stereocenters. The molecule has 0 aliphatic heterocycles. The highest BCUT2D eigenvalue weighted by Crippen LogP contribution is 2.09. The lowest BCUT2D eigenvalue weighted by molar-refractivity contribution is 0.105. The van der Waals surface area contributed by atoms with Crippen molar-refractivity contribution in [2.45, 2.75) is 6.61 Å². The molecule has 0 fully saturated rings. The van der Waals surface area contributed by atoms with E-state index in [4.69, 9.17) is 15.9 Å². The van der Waals surface area contributed by atoms with Gasteiger partial charge in [0.1, 0.15) is 5.84 Å². The number of nitrogens with zero attached hydrogens (tertiary/aromatic N) is 1. The minimum absolute atomic E-state index is 0. The highest BCUT2D eigenvalue weighted by atomic mass is 35.5. The molecule has 0 aliphatic rings. The molecule has 0 aromatic heterocycles. The lowest BCUT2D eigenvalue weighted by Crippen LogP contribution is -2.19. The molecule has 0 heterocycles. The van der Waals surface area contributed by atoms with Gasteiger partial charge in [-0.15, -0.1) is 12.4 Å². The van der Waals surface area contributed by atoms with Gasteiger partial charge in [-0.25, -0.2) is 0 Å². The van der Waals surface area contributed by atoms with E-state index >= 15 is 0 Å². The molecule has 5 heteroatoms. The summed E-state index contributed by atoms with van der Waals surface area (Å²) < 4.78 is 5.53. The summed E-state index contributed by atoms with van der Waals surface area (Å²) in [4.78, 5) is 2.07. The van der Waals surface area contributed by atoms with Crippen LogP contribution in [0.25, 0.3) is 0 Å². The van der Waals surface area contributed by atoms with Gasteiger partial charge in [-0.2, -0.15) is 0 Å². The zero-order valence-electron chi connectivity index (χ0n) is 10.3. The number of nitrogens with two attached hydrogens (primary N) is 1. The zero-order chi connectivity index (χ0) is 12.0. The molecular formula is C12H20ClN3O. The molecule has 0 spiro atoms. The average Bonchev–Trinajstić information content (AvgIpc) is 2.24. The summed E-state index contributed by atoms with van der Waals surface area (Å²) >= 11 is 0. The van der Waals surface area contributed by atoms with Crippen LogP contribution in [0, 0.1) is 5.41 Å². The first-order chi connectivity index (χ1) is 7.61. The maximum atomic E-state index is 7.44. The highest BCUT2D eigenvalue weighted by Gasteiger charge is 2.03. The van der Waals surface area contributed by atoms with E-state index in [1.54, 1.807) is 0 Å². The third-order valence-corrected chi connectivity index (χ3v) is 2.25. The van der Waals surface area contributed by atoms with Crippen molar-refractivity contribution in [3.05, 3.63) is 35.4 Å². The molecule has 3 N–H and O–H groups in total. The Labute approximate surface area is 109 Å². The number of nitrogens with one attached hydrogen (secondary N) is 1. The minimum Gasteiger partial charge on any atom is -0.384 e. The second kappa shape index (κ2) is 8.06. The van der Waals surface area contributed by atoms with E-state index in [1.807, 2.05) is 38.4 Å². The SMILES string of the molecule is CN(C)CCOCc1ccccc1C(=N)N.Cl. The fourth-order valence-corrected chi connectivity index (χ4v) is 1.34. The van der Waals surface area contributed by atoms with Gasteiger partial charge in [0.15, 0.2) is 0 Å². The molecule has 0 aliphatic carbocycles. The molecule has 0 saturated carbocycles. The van der Waals surface area contributed by atoms with Gasteiger partial charge in [0.25, 0.3) is 0 Å². The monoisotopic (exact) mass is 257 g/mol. The molecular weight excluding hydrogens is 238 g/mol. The smallest absolute Gasteiger partial charge is 0.123 e. The molecule has 0 saturated heterocycles. The summed E-state index contributed by atoms with van der Waals surface area (Å²) in [6.45, 7) is 2.07. The maximum absolute atomic E-state index is 7.44. The van der Waals surface area contributed by atoms with E-state index in [2.05, 4.69) is 4.90 Å². The summed E-state index contributed by atoms with van der Waals surface area (Å²) in [5.41, 5.74) is 7.21. The van der Waals surface area contributed by atoms with E-state index in [9.17, 15) is 0 Å². The van der Waals surface area contributed by atoms with Crippen molar-refractivity contribution in [2.75, 3.05) is 27.2 Å². The third kappa shape index (κ3) is 5.68. The van der Waals surface area contributed by atoms with E-state index in [-0.39, 0.29) is 18.2 Å². The first-order valence-corrected chi connectivity index (χ1v) is 5.26. The standard InChI is InChI=1S/C12H19N3O.ClH/c1-15(2)7-8-16-9-10-5-3-4-6-11(10)12(13)14;/h3-6H,7-9H2,1-2H3,(H3,13,14);1H. The second-order valence-electron chi connectivity index (χ2n) is 3.93. The Morgan fingerprint density at radius 2 is 2.00 bits per heavy atom. The molecule has 1 aromatic rings. The van der Waals surface area contributed by atoms with Crippen LogP contribution in [-0.2, 0) is 11.3 Å². The van der Waals surface area contributed by atoms with Crippen LogP contribution in [0.3, 0.4) is 0 Å². The van der Waals surface area contributed by atoms with Crippen LogP contribution in [-0.4, -0.2) is 38.0 Å². The molecule has 1 aromatic carbocycles. The van der Waals surface area contributed by atoms with Gasteiger partial charge in [0, 0.05) is 12.1 Å². The largest absolute Gasteiger partial charge is 0.384 e. The summed E-state index contributed by atoms with van der Waals surface area (Å²) in [5.74, 6) is 0.0896. The third-order valence-electron chi connectivity index (χ3n) is 2.25. The normalized spacial score (nSPS) is 10.1. The molecule has 1 rings (SSSR count). The van der Waals surface area contributed by atoms with E-state index in [0.717, 1.165) is 17.7 Å². The summed E-state index contributed by atoms with van der Waals surface area (Å²) in [6, 6.07) is 7.58. The number of ether oxygens (including phenoxy) is 1. The van der Waals surface area contributed by atoms with Gasteiger partial charge in [0.05, 0.1) is 13.2 Å². The second-order valence-corrected chi connectivity index (χ2v) is 3.93. The van der Waals surface area contributed by atoms with Gasteiger partial charge in [0.2, 0.25) is 0 Å². The Hall–Kier alpha value is -1.10. The molecule has 0 unspecified atom stereocenters. The highest BCUT2D eigenvalue weighted by molar-refractivity contribution is 5.96. The Kier molecular flexibility index (Phi) is 7.54. The molecule has 0 radical (unpaired) electrons. The number of hydrogen-bond donors (Lipinski definition) is 2. The molecule has 0 amide bonds. The van der Waals surface area contributed by atoms with E-state index in [1.165, 1.54) is 0 Å². The first-order valence-electron chi connectivity index (χ1n) is 5.26. The zero-order valence-corrected chi connectivity index (χ0v) is 11.1. The maximum Gasteiger partial charge on any atom is 0.123 e. The summed E-state index contributed by atoms with van der Waals surface area (Å²) in [5, 5.41) is 7.44. The van der Waals surface area contributed by atoms with Crippen LogP contribution in [0.1, 0.15) is 11.1 Å². The van der Waals surface area contributed by atoms with Crippen LogP contribution in [0.15, 0.2) is 24.3 Å². The van der Waals surface area contributed by atoms with Crippen LogP contribution < -0.4 is 5.73 Å². The number of halogens is 1. The van der Waals surface area contributed by atoms with Crippen molar-refractivity contribution in [1.82, 2.24) is 4.90 Å². The predicted molar refractivity (Wildman–Crippen MR) is 72.9 cm³/mol. The molecule has 17 heavy (non-hydrogen) atoms. The topological polar surface area (TPSA) is 62.3 Å². The van der Waals surface area contributed by atoms with Gasteiger partial charge in [-0.1, -0.05) is 24.3 Å². The lowest BCUT2D eigenvalue weighted by atomic mass is 10.1. The van der Waals surface area contributed by atoms with Gasteiger partial charge in [-0.05, 0) is 19.7 Å². The average molecular weight is 258 g/mol. The minimum atomic E-state index is 0. The number of benzene rings is 1. The van der Waals surface area contributed by atoms with Crippen LogP contribution in [0.2, 0.25) is 0 Å². The Morgan fingerprint density at radius 3 is 2.59 bits per heavy atom. The molecule has 4 nitrogen and oxygen atoms in total. The van der Waals surface area contributed by atoms with E-state index in [0.29, 0.717) is 13.2 Å². The Bertz CT molecular complexity index is 355. The summed E-state index contributed by atoms with van der Waals surface area (Å²) in [7, 11) is 4.01. The number of hydrogen-bond acceptors (Lipinski definition) is 3. The number of likely N-dealkylation sites (N-methyl/N-ethyl adjacent to an activating group) is 1. The van der Waals surface area contributed by atoms with Crippen molar-refractivity contribution in [3.8, 4) is 0 Å². The van der Waals surface area contributed by atoms with Crippen molar-refractivity contribution < 1.29 is 4.74 Å². The first kappa shape index (κ1) is 15.9. The number of nitrogen functional groups attached to an aromatic ring is 1. The fourth-order valence-electron chi connectivity index (χ4n) is 1.34. The van der Waals surface area contributed by atoms with Crippen molar-refractivity contribution in [2.24, 2.45) is 5.73 Å². The molecule has 96 valence electrons. The lowest BCUT2D eigenvalue weighted by Gasteiger charge is -2.11. The van der Waals surface area contributed by atoms with Gasteiger partial charge in [-0.3, -0.25) is 5.41 Å². The van der Waals surface area contributed by atoms with Crippen LogP contribution >= 0.6 is 12.4 Å². The van der Waals surface area contributed by atoms with Gasteiger partial charge >= 0.3 is 0 Å². The van der Waals surface area contributed by atoms with Crippen molar-refractivity contribution in [1.29, 1.82) is 5.41 Å². The molecule has 0 bridgehead atoms. The number of amidine groups is 1. The number of rotatable bonds is 6. The van der Waals surface area contributed by atoms with Gasteiger partial charge < -0.3 is 15.4 Å².